The number of rotatable bonds is 5. The molecule has 0 aliphatic rings. The summed E-state index contributed by atoms with van der Waals surface area (Å²) >= 11 is 0. The lowest BCUT2D eigenvalue weighted by Crippen LogP contribution is -2.48. The van der Waals surface area contributed by atoms with Crippen molar-refractivity contribution in [2.45, 2.75) is 19.0 Å². The van der Waals surface area contributed by atoms with Gasteiger partial charge in [0.1, 0.15) is 5.75 Å². The van der Waals surface area contributed by atoms with E-state index in [4.69, 9.17) is 10.2 Å². The van der Waals surface area contributed by atoms with E-state index in [1.807, 2.05) is 6.07 Å². The van der Waals surface area contributed by atoms with Gasteiger partial charge in [-0.3, -0.25) is 0 Å². The molecule has 0 unspecified atom stereocenters. The fourth-order valence-electron chi connectivity index (χ4n) is 1.13. The third-order valence-electron chi connectivity index (χ3n) is 2.40. The topological polar surface area (TPSA) is 72.7 Å². The van der Waals surface area contributed by atoms with Gasteiger partial charge in [-0.05, 0) is 13.0 Å². The summed E-state index contributed by atoms with van der Waals surface area (Å²) in [5.41, 5.74) is 0.0214. The van der Waals surface area contributed by atoms with Gasteiger partial charge >= 0.3 is 0 Å². The van der Waals surface area contributed by atoms with Gasteiger partial charge in [-0.1, -0.05) is 18.2 Å². The quantitative estimate of drug-likeness (QED) is 0.562. The van der Waals surface area contributed by atoms with Crippen LogP contribution in [-0.2, 0) is 6.54 Å². The van der Waals surface area contributed by atoms with Gasteiger partial charge in [0.05, 0.1) is 18.8 Å². The highest BCUT2D eigenvalue weighted by Crippen LogP contribution is 2.16. The normalized spacial score (nSPS) is 11.7. The summed E-state index contributed by atoms with van der Waals surface area (Å²) in [6, 6.07) is 6.96. The fraction of sp³-hybridized carbons (Fsp3) is 0.455. The molecule has 4 nitrogen and oxygen atoms in total. The molecule has 84 valence electrons. The van der Waals surface area contributed by atoms with Crippen molar-refractivity contribution in [2.24, 2.45) is 0 Å². The maximum atomic E-state index is 9.49. The van der Waals surface area contributed by atoms with E-state index in [1.165, 1.54) is 0 Å². The molecule has 0 saturated heterocycles. The second-order valence-corrected chi connectivity index (χ2v) is 3.86. The number of phenols is 1. The van der Waals surface area contributed by atoms with Crippen LogP contribution < -0.4 is 5.32 Å². The first kappa shape index (κ1) is 12.0. The van der Waals surface area contributed by atoms with Crippen molar-refractivity contribution >= 4 is 0 Å². The van der Waals surface area contributed by atoms with E-state index in [0.29, 0.717) is 6.54 Å². The summed E-state index contributed by atoms with van der Waals surface area (Å²) in [5.74, 6) is 0.211. The van der Waals surface area contributed by atoms with Crippen LogP contribution in [0.5, 0.6) is 5.75 Å². The van der Waals surface area contributed by atoms with Gasteiger partial charge in [-0.15, -0.1) is 0 Å². The number of nitrogens with one attached hydrogen (secondary N) is 1. The maximum Gasteiger partial charge on any atom is 0.120 e. The van der Waals surface area contributed by atoms with Crippen molar-refractivity contribution < 1.29 is 15.3 Å². The first-order valence-electron chi connectivity index (χ1n) is 4.85. The van der Waals surface area contributed by atoms with Crippen LogP contribution in [0.25, 0.3) is 0 Å². The number of hydrogen-bond acceptors (Lipinski definition) is 4. The Bertz CT molecular complexity index is 310. The van der Waals surface area contributed by atoms with Crippen LogP contribution in [0.2, 0.25) is 0 Å². The molecule has 0 amide bonds. The molecule has 0 atom stereocenters. The SMILES string of the molecule is CC(CO)(CO)NCc1ccccc1O. The summed E-state index contributed by atoms with van der Waals surface area (Å²) < 4.78 is 0. The summed E-state index contributed by atoms with van der Waals surface area (Å²) in [6.45, 7) is 1.81. The molecule has 15 heavy (non-hydrogen) atoms. The van der Waals surface area contributed by atoms with E-state index < -0.39 is 5.54 Å². The number of benzene rings is 1. The van der Waals surface area contributed by atoms with Crippen LogP contribution in [0.3, 0.4) is 0 Å². The molecule has 0 aliphatic heterocycles. The van der Waals surface area contributed by atoms with Crippen LogP contribution in [-0.4, -0.2) is 34.1 Å². The Morgan fingerprint density at radius 1 is 1.20 bits per heavy atom. The van der Waals surface area contributed by atoms with Gasteiger partial charge in [0.15, 0.2) is 0 Å². The molecule has 0 fully saturated rings. The van der Waals surface area contributed by atoms with Crippen molar-refractivity contribution in [3.8, 4) is 5.75 Å². The van der Waals surface area contributed by atoms with E-state index in [0.717, 1.165) is 5.56 Å². The first-order chi connectivity index (χ1) is 7.11. The average molecular weight is 211 g/mol. The Kier molecular flexibility index (Phi) is 4.08. The lowest BCUT2D eigenvalue weighted by Gasteiger charge is -2.26. The van der Waals surface area contributed by atoms with Crippen molar-refractivity contribution in [3.05, 3.63) is 29.8 Å². The van der Waals surface area contributed by atoms with Crippen LogP contribution >= 0.6 is 0 Å². The molecule has 0 aromatic heterocycles. The Morgan fingerprint density at radius 3 is 2.33 bits per heavy atom. The zero-order valence-electron chi connectivity index (χ0n) is 8.77. The van der Waals surface area contributed by atoms with E-state index in [-0.39, 0.29) is 19.0 Å². The van der Waals surface area contributed by atoms with Crippen LogP contribution in [0.15, 0.2) is 24.3 Å². The van der Waals surface area contributed by atoms with Gasteiger partial charge in [0.25, 0.3) is 0 Å². The smallest absolute Gasteiger partial charge is 0.120 e. The number of aromatic hydroxyl groups is 1. The molecule has 0 spiro atoms. The maximum absolute atomic E-state index is 9.49. The molecular weight excluding hydrogens is 194 g/mol. The number of aliphatic hydroxyl groups excluding tert-OH is 2. The fourth-order valence-corrected chi connectivity index (χ4v) is 1.13. The van der Waals surface area contributed by atoms with E-state index in [1.54, 1.807) is 25.1 Å². The molecule has 1 aromatic carbocycles. The molecule has 0 aliphatic carbocycles. The summed E-state index contributed by atoms with van der Waals surface area (Å²) in [6.07, 6.45) is 0. The second-order valence-electron chi connectivity index (χ2n) is 3.86. The Hall–Kier alpha value is -1.10. The molecule has 0 saturated carbocycles. The molecule has 1 rings (SSSR count). The largest absolute Gasteiger partial charge is 0.508 e. The van der Waals surface area contributed by atoms with Gasteiger partial charge in [0.2, 0.25) is 0 Å². The zero-order valence-corrected chi connectivity index (χ0v) is 8.77. The Balaban J connectivity index is 2.61. The molecule has 0 radical (unpaired) electrons. The van der Waals surface area contributed by atoms with E-state index >= 15 is 0 Å². The predicted octanol–water partition coefficient (Wildman–Crippen LogP) is 0.225. The highest BCUT2D eigenvalue weighted by molar-refractivity contribution is 5.31. The first-order valence-corrected chi connectivity index (χ1v) is 4.85. The molecular formula is C11H17NO3. The molecule has 4 N–H and O–H groups in total. The molecule has 0 heterocycles. The summed E-state index contributed by atoms with van der Waals surface area (Å²) in [4.78, 5) is 0. The van der Waals surface area contributed by atoms with Gasteiger partial charge in [0, 0.05) is 12.1 Å². The standard InChI is InChI=1S/C11H17NO3/c1-11(7-13,8-14)12-6-9-4-2-3-5-10(9)15/h2-5,12-15H,6-8H2,1H3. The van der Waals surface area contributed by atoms with E-state index in [2.05, 4.69) is 5.32 Å². The molecule has 4 heteroatoms. The average Bonchev–Trinajstić information content (AvgIpc) is 2.28. The van der Waals surface area contributed by atoms with Gasteiger partial charge in [-0.2, -0.15) is 0 Å². The molecule has 0 bridgehead atoms. The Morgan fingerprint density at radius 2 is 1.80 bits per heavy atom. The monoisotopic (exact) mass is 211 g/mol. The highest BCUT2D eigenvalue weighted by atomic mass is 16.3. The highest BCUT2D eigenvalue weighted by Gasteiger charge is 2.21. The van der Waals surface area contributed by atoms with E-state index in [9.17, 15) is 5.11 Å². The van der Waals surface area contributed by atoms with Crippen molar-refractivity contribution in [1.29, 1.82) is 0 Å². The minimum atomic E-state index is -0.720. The van der Waals surface area contributed by atoms with Crippen molar-refractivity contribution in [2.75, 3.05) is 13.2 Å². The summed E-state index contributed by atoms with van der Waals surface area (Å²) in [5, 5.41) is 30.6. The van der Waals surface area contributed by atoms with Crippen LogP contribution in [0.1, 0.15) is 12.5 Å². The third kappa shape index (κ3) is 3.20. The number of aliphatic hydroxyl groups is 2. The Labute approximate surface area is 89.2 Å². The second kappa shape index (κ2) is 5.11. The minimum Gasteiger partial charge on any atom is -0.508 e. The van der Waals surface area contributed by atoms with Crippen LogP contribution in [0, 0.1) is 0 Å². The van der Waals surface area contributed by atoms with Gasteiger partial charge in [-0.25, -0.2) is 0 Å². The van der Waals surface area contributed by atoms with Gasteiger partial charge < -0.3 is 20.6 Å². The van der Waals surface area contributed by atoms with Crippen molar-refractivity contribution in [3.63, 3.8) is 0 Å². The zero-order chi connectivity index (χ0) is 11.3. The minimum absolute atomic E-state index is 0.156. The van der Waals surface area contributed by atoms with Crippen molar-refractivity contribution in [1.82, 2.24) is 5.32 Å². The summed E-state index contributed by atoms with van der Waals surface area (Å²) in [7, 11) is 0. The van der Waals surface area contributed by atoms with Crippen LogP contribution in [0.4, 0.5) is 0 Å². The number of para-hydroxylation sites is 1. The molecule has 1 aromatic rings. The third-order valence-corrected chi connectivity index (χ3v) is 2.40. The number of phenolic OH excluding ortho intramolecular Hbond substituents is 1. The lowest BCUT2D eigenvalue weighted by atomic mass is 10.0. The predicted molar refractivity (Wildman–Crippen MR) is 57.5 cm³/mol. The number of hydrogen-bond donors (Lipinski definition) is 4. The lowest BCUT2D eigenvalue weighted by molar-refractivity contribution is 0.103.